The van der Waals surface area contributed by atoms with Crippen molar-refractivity contribution in [3.63, 3.8) is 0 Å². The highest BCUT2D eigenvalue weighted by atomic mass is 19.4. The van der Waals surface area contributed by atoms with Gasteiger partial charge in [-0.1, -0.05) is 6.07 Å². The lowest BCUT2D eigenvalue weighted by Gasteiger charge is -2.37. The Labute approximate surface area is 121 Å². The molecule has 2 atom stereocenters. The van der Waals surface area contributed by atoms with Crippen molar-refractivity contribution in [1.82, 2.24) is 10.2 Å². The molecule has 0 spiro atoms. The van der Waals surface area contributed by atoms with Crippen molar-refractivity contribution in [1.29, 1.82) is 0 Å². The summed E-state index contributed by atoms with van der Waals surface area (Å²) in [6.45, 7) is 2.80. The van der Waals surface area contributed by atoms with Gasteiger partial charge in [-0.05, 0) is 49.5 Å². The Balaban J connectivity index is 1.84. The van der Waals surface area contributed by atoms with Gasteiger partial charge in [-0.15, -0.1) is 0 Å². The number of hydrogen-bond acceptors (Lipinski definition) is 2. The number of likely N-dealkylation sites (tertiary alicyclic amines) is 1. The van der Waals surface area contributed by atoms with Gasteiger partial charge in [0.25, 0.3) is 0 Å². The summed E-state index contributed by atoms with van der Waals surface area (Å²) >= 11 is 0. The van der Waals surface area contributed by atoms with E-state index in [1.54, 1.807) is 0 Å². The summed E-state index contributed by atoms with van der Waals surface area (Å²) in [5, 5.41) is 3.31. The van der Waals surface area contributed by atoms with Crippen molar-refractivity contribution in [2.45, 2.75) is 31.6 Å². The minimum absolute atomic E-state index is 0.163. The first-order chi connectivity index (χ1) is 9.95. The fourth-order valence-electron chi connectivity index (χ4n) is 3.53. The van der Waals surface area contributed by atoms with Gasteiger partial charge < -0.3 is 5.32 Å². The van der Waals surface area contributed by atoms with Crippen LogP contribution in [0.4, 0.5) is 17.6 Å². The van der Waals surface area contributed by atoms with E-state index in [4.69, 9.17) is 0 Å². The van der Waals surface area contributed by atoms with Crippen molar-refractivity contribution in [3.8, 4) is 0 Å². The number of hydrogen-bond donors (Lipinski definition) is 1. The van der Waals surface area contributed by atoms with Gasteiger partial charge in [0.15, 0.2) is 0 Å². The molecule has 2 unspecified atom stereocenters. The summed E-state index contributed by atoms with van der Waals surface area (Å²) in [5.41, 5.74) is -0.688. The molecule has 2 fully saturated rings. The van der Waals surface area contributed by atoms with Crippen LogP contribution in [0.1, 0.15) is 24.0 Å². The molecule has 3 rings (SSSR count). The molecule has 1 aromatic rings. The molecule has 21 heavy (non-hydrogen) atoms. The molecule has 0 amide bonds. The van der Waals surface area contributed by atoms with Crippen LogP contribution in [0.15, 0.2) is 18.2 Å². The molecule has 2 aliphatic rings. The summed E-state index contributed by atoms with van der Waals surface area (Å²) < 4.78 is 52.3. The number of nitrogens with zero attached hydrogens (tertiary/aromatic N) is 1. The number of benzene rings is 1. The normalized spacial score (nSPS) is 26.9. The van der Waals surface area contributed by atoms with Crippen molar-refractivity contribution in [3.05, 3.63) is 35.1 Å². The summed E-state index contributed by atoms with van der Waals surface area (Å²) in [7, 11) is 0. The van der Waals surface area contributed by atoms with Gasteiger partial charge in [-0.25, -0.2) is 4.39 Å². The fourth-order valence-corrected chi connectivity index (χ4v) is 3.53. The molecule has 1 N–H and O–H groups in total. The Bertz CT molecular complexity index is 515. The Kier molecular flexibility index (Phi) is 3.92. The van der Waals surface area contributed by atoms with E-state index in [1.165, 1.54) is 6.07 Å². The summed E-state index contributed by atoms with van der Waals surface area (Å²) in [5.74, 6) is -0.321. The van der Waals surface area contributed by atoms with Crippen LogP contribution in [-0.4, -0.2) is 30.6 Å². The second kappa shape index (κ2) is 5.57. The first kappa shape index (κ1) is 14.8. The SMILES string of the molecule is Fc1ccc(CN2CCCC3CNCC32)c(C(F)(F)F)c1. The third-order valence-electron chi connectivity index (χ3n) is 4.54. The predicted molar refractivity (Wildman–Crippen MR) is 71.2 cm³/mol. The number of rotatable bonds is 2. The predicted octanol–water partition coefficient (Wildman–Crippen LogP) is 3.03. The van der Waals surface area contributed by atoms with Crippen LogP contribution >= 0.6 is 0 Å². The average Bonchev–Trinajstić information content (AvgIpc) is 2.89. The van der Waals surface area contributed by atoms with Gasteiger partial charge in [-0.3, -0.25) is 4.90 Å². The maximum absolute atomic E-state index is 13.1. The van der Waals surface area contributed by atoms with Gasteiger partial charge in [-0.2, -0.15) is 13.2 Å². The quantitative estimate of drug-likeness (QED) is 0.845. The van der Waals surface area contributed by atoms with Crippen LogP contribution in [0.2, 0.25) is 0 Å². The van der Waals surface area contributed by atoms with E-state index in [0.717, 1.165) is 38.5 Å². The highest BCUT2D eigenvalue weighted by Crippen LogP contribution is 2.35. The first-order valence-electron chi connectivity index (χ1n) is 7.25. The third kappa shape index (κ3) is 3.06. The number of nitrogens with one attached hydrogen (secondary N) is 1. The minimum Gasteiger partial charge on any atom is -0.315 e. The maximum atomic E-state index is 13.1. The van der Waals surface area contributed by atoms with Crippen LogP contribution in [0.3, 0.4) is 0 Å². The fraction of sp³-hybridized carbons (Fsp3) is 0.600. The molecule has 6 heteroatoms. The highest BCUT2D eigenvalue weighted by Gasteiger charge is 2.38. The highest BCUT2D eigenvalue weighted by molar-refractivity contribution is 5.30. The molecule has 2 heterocycles. The third-order valence-corrected chi connectivity index (χ3v) is 4.54. The van der Waals surface area contributed by atoms with Crippen LogP contribution in [-0.2, 0) is 12.7 Å². The Morgan fingerprint density at radius 1 is 1.24 bits per heavy atom. The summed E-state index contributed by atoms with van der Waals surface area (Å²) in [4.78, 5) is 2.11. The maximum Gasteiger partial charge on any atom is 0.416 e. The summed E-state index contributed by atoms with van der Waals surface area (Å²) in [6, 6.07) is 3.28. The lowest BCUT2D eigenvalue weighted by molar-refractivity contribution is -0.138. The van der Waals surface area contributed by atoms with Crippen LogP contribution < -0.4 is 5.32 Å². The largest absolute Gasteiger partial charge is 0.416 e. The Morgan fingerprint density at radius 2 is 2.05 bits per heavy atom. The van der Waals surface area contributed by atoms with E-state index in [0.29, 0.717) is 18.0 Å². The van der Waals surface area contributed by atoms with E-state index in [1.807, 2.05) is 0 Å². The van der Waals surface area contributed by atoms with Gasteiger partial charge in [0.2, 0.25) is 0 Å². The van der Waals surface area contributed by atoms with E-state index in [-0.39, 0.29) is 12.1 Å². The molecule has 0 bridgehead atoms. The minimum atomic E-state index is -4.51. The lowest BCUT2D eigenvalue weighted by atomic mass is 9.91. The first-order valence-corrected chi connectivity index (χ1v) is 7.25. The smallest absolute Gasteiger partial charge is 0.315 e. The van der Waals surface area contributed by atoms with Crippen LogP contribution in [0, 0.1) is 11.7 Å². The summed E-state index contributed by atoms with van der Waals surface area (Å²) in [6.07, 6.45) is -2.38. The molecule has 2 saturated heterocycles. The average molecular weight is 302 g/mol. The molecule has 2 nitrogen and oxygen atoms in total. The molecular weight excluding hydrogens is 284 g/mol. The van der Waals surface area contributed by atoms with Gasteiger partial charge in [0.05, 0.1) is 5.56 Å². The molecule has 116 valence electrons. The standard InChI is InChI=1S/C15H18F4N2/c16-12-4-3-11(13(6-12)15(17,18)19)9-21-5-1-2-10-7-20-8-14(10)21/h3-4,6,10,14,20H,1-2,5,7-9H2. The van der Waals surface area contributed by atoms with E-state index < -0.39 is 17.6 Å². The number of alkyl halides is 3. The molecule has 0 aliphatic carbocycles. The van der Waals surface area contributed by atoms with E-state index in [2.05, 4.69) is 10.2 Å². The lowest BCUT2D eigenvalue weighted by Crippen LogP contribution is -2.44. The van der Waals surface area contributed by atoms with Gasteiger partial charge in [0.1, 0.15) is 5.82 Å². The zero-order valence-corrected chi connectivity index (χ0v) is 11.6. The second-order valence-electron chi connectivity index (χ2n) is 5.90. The van der Waals surface area contributed by atoms with Crippen molar-refractivity contribution >= 4 is 0 Å². The zero-order valence-electron chi connectivity index (χ0n) is 11.6. The van der Waals surface area contributed by atoms with Crippen LogP contribution in [0.5, 0.6) is 0 Å². The number of halogens is 4. The molecule has 0 radical (unpaired) electrons. The van der Waals surface area contributed by atoms with E-state index >= 15 is 0 Å². The Morgan fingerprint density at radius 3 is 2.81 bits per heavy atom. The molecule has 0 aromatic heterocycles. The second-order valence-corrected chi connectivity index (χ2v) is 5.90. The zero-order chi connectivity index (χ0) is 15.0. The van der Waals surface area contributed by atoms with Gasteiger partial charge >= 0.3 is 6.18 Å². The topological polar surface area (TPSA) is 15.3 Å². The van der Waals surface area contributed by atoms with Crippen molar-refractivity contribution in [2.75, 3.05) is 19.6 Å². The molecule has 1 aromatic carbocycles. The van der Waals surface area contributed by atoms with Crippen molar-refractivity contribution in [2.24, 2.45) is 5.92 Å². The van der Waals surface area contributed by atoms with Crippen LogP contribution in [0.25, 0.3) is 0 Å². The molecule has 2 aliphatic heterocycles. The monoisotopic (exact) mass is 302 g/mol. The van der Waals surface area contributed by atoms with Crippen molar-refractivity contribution < 1.29 is 17.6 Å². The van der Waals surface area contributed by atoms with E-state index in [9.17, 15) is 17.6 Å². The molecular formula is C15H18F4N2. The van der Waals surface area contributed by atoms with Gasteiger partial charge in [0, 0.05) is 19.1 Å². The Hall–Kier alpha value is -1.14. The molecule has 0 saturated carbocycles. The number of piperidine rings is 1. The number of fused-ring (bicyclic) bond motifs is 1.